The van der Waals surface area contributed by atoms with Crippen LogP contribution in [0.15, 0.2) is 12.2 Å². The fourth-order valence-corrected chi connectivity index (χ4v) is 8.30. The van der Waals surface area contributed by atoms with Crippen LogP contribution in [0.3, 0.4) is 0 Å². The zero-order valence-electron chi connectivity index (χ0n) is 16.9. The molecule has 0 aliphatic carbocycles. The lowest BCUT2D eigenvalue weighted by molar-refractivity contribution is -0.246. The molecule has 0 amide bonds. The van der Waals surface area contributed by atoms with Crippen molar-refractivity contribution in [3.63, 3.8) is 0 Å². The summed E-state index contributed by atoms with van der Waals surface area (Å²) in [4.78, 5) is 12.6. The minimum atomic E-state index is -2.16. The van der Waals surface area contributed by atoms with Gasteiger partial charge in [0, 0.05) is 5.57 Å². The van der Waals surface area contributed by atoms with Crippen LogP contribution in [0.4, 0.5) is 0 Å². The van der Waals surface area contributed by atoms with E-state index in [2.05, 4.69) is 65.5 Å². The van der Waals surface area contributed by atoms with Gasteiger partial charge in [-0.25, -0.2) is 4.79 Å². The summed E-state index contributed by atoms with van der Waals surface area (Å²) >= 11 is 0. The Morgan fingerprint density at radius 3 is 1.43 bits per heavy atom. The third-order valence-corrected chi connectivity index (χ3v) is 7.30. The summed E-state index contributed by atoms with van der Waals surface area (Å²) in [5.74, 6) is -0.389. The molecule has 0 saturated carbocycles. The Bertz CT molecular complexity index is 424. The summed E-state index contributed by atoms with van der Waals surface area (Å²) < 4.78 is 18.7. The first-order valence-electron chi connectivity index (χ1n) is 8.23. The maximum absolute atomic E-state index is 12.6. The van der Waals surface area contributed by atoms with E-state index < -0.39 is 36.3 Å². The maximum atomic E-state index is 12.6. The predicted molar refractivity (Wildman–Crippen MR) is 105 cm³/mol. The van der Waals surface area contributed by atoms with Gasteiger partial charge in [0.2, 0.25) is 0 Å². The number of hydrogen-bond acceptors (Lipinski definition) is 4. The fraction of sp³-hybridized carbons (Fsp3) is 0.812. The summed E-state index contributed by atoms with van der Waals surface area (Å²) in [6.45, 7) is 26.6. The molecular weight excluding hydrogens is 340 g/mol. The van der Waals surface area contributed by atoms with E-state index in [9.17, 15) is 4.79 Å². The minimum Gasteiger partial charge on any atom is -0.411 e. The normalized spacial score (nSPS) is 14.1. The average molecular weight is 377 g/mol. The first-order valence-corrected chi connectivity index (χ1v) is 18.5. The molecule has 0 rings (SSSR count). The minimum absolute atomic E-state index is 0.0283. The van der Waals surface area contributed by atoms with Crippen LogP contribution in [0.2, 0.25) is 58.9 Å². The average Bonchev–Trinajstić information content (AvgIpc) is 2.20. The van der Waals surface area contributed by atoms with E-state index in [1.807, 2.05) is 13.8 Å². The molecule has 136 valence electrons. The Balaban J connectivity index is 5.92. The smallest absolute Gasteiger partial charge is 0.337 e. The number of rotatable bonds is 8. The molecule has 0 aromatic carbocycles. The van der Waals surface area contributed by atoms with Crippen LogP contribution in [0.5, 0.6) is 0 Å². The van der Waals surface area contributed by atoms with Gasteiger partial charge in [-0.15, -0.1) is 0 Å². The molecule has 0 spiro atoms. The molecule has 0 unspecified atom stereocenters. The van der Waals surface area contributed by atoms with E-state index in [1.165, 1.54) is 0 Å². The van der Waals surface area contributed by atoms with Gasteiger partial charge < -0.3 is 13.6 Å². The molecule has 0 radical (unpaired) electrons. The van der Waals surface area contributed by atoms with Gasteiger partial charge in [0.25, 0.3) is 5.60 Å². The SMILES string of the molecule is C=C(C(=O)OC(O[Si](C)(C)C)(O[Si](C)(C)C)[Si](C)(C)C)C(C)C. The highest BCUT2D eigenvalue weighted by Crippen LogP contribution is 2.35. The number of carbonyl (C=O) groups is 1. The van der Waals surface area contributed by atoms with Crippen molar-refractivity contribution in [2.75, 3.05) is 0 Å². The van der Waals surface area contributed by atoms with Gasteiger partial charge in [-0.3, -0.25) is 0 Å². The highest BCUT2D eigenvalue weighted by molar-refractivity contribution is 6.81. The van der Waals surface area contributed by atoms with Crippen molar-refractivity contribution in [2.24, 2.45) is 5.92 Å². The molecule has 0 aliphatic rings. The van der Waals surface area contributed by atoms with Gasteiger partial charge in [0.05, 0.1) is 0 Å². The molecule has 7 heteroatoms. The molecule has 0 heterocycles. The zero-order chi connectivity index (χ0) is 18.9. The van der Waals surface area contributed by atoms with E-state index >= 15 is 0 Å². The van der Waals surface area contributed by atoms with Gasteiger partial charge in [-0.05, 0) is 45.2 Å². The van der Waals surface area contributed by atoms with E-state index in [0.717, 1.165) is 0 Å². The van der Waals surface area contributed by atoms with E-state index in [4.69, 9.17) is 13.6 Å². The zero-order valence-corrected chi connectivity index (χ0v) is 19.9. The molecule has 23 heavy (non-hydrogen) atoms. The highest BCUT2D eigenvalue weighted by atomic mass is 28.4. The summed E-state index contributed by atoms with van der Waals surface area (Å²) in [7, 11) is -6.17. The topological polar surface area (TPSA) is 44.8 Å². The Morgan fingerprint density at radius 2 is 1.22 bits per heavy atom. The number of carbonyl (C=O) groups excluding carboxylic acids is 1. The molecule has 0 saturated heterocycles. The Labute approximate surface area is 145 Å². The van der Waals surface area contributed by atoms with Crippen molar-refractivity contribution < 1.29 is 18.4 Å². The van der Waals surface area contributed by atoms with Gasteiger partial charge in [-0.2, -0.15) is 0 Å². The first kappa shape index (κ1) is 22.8. The number of ether oxygens (including phenoxy) is 1. The van der Waals surface area contributed by atoms with Gasteiger partial charge >= 0.3 is 5.97 Å². The lowest BCUT2D eigenvalue weighted by Crippen LogP contribution is -2.65. The van der Waals surface area contributed by atoms with Crippen molar-refractivity contribution in [3.05, 3.63) is 12.2 Å². The second-order valence-corrected chi connectivity index (χ2v) is 23.3. The van der Waals surface area contributed by atoms with Gasteiger partial charge in [0.15, 0.2) is 24.7 Å². The van der Waals surface area contributed by atoms with Crippen molar-refractivity contribution in [3.8, 4) is 0 Å². The summed E-state index contributed by atoms with van der Waals surface area (Å²) in [5.41, 5.74) is -0.803. The third-order valence-electron chi connectivity index (χ3n) is 2.99. The molecule has 0 aromatic rings. The maximum Gasteiger partial charge on any atom is 0.337 e. The Morgan fingerprint density at radius 1 is 0.870 bits per heavy atom. The summed E-state index contributed by atoms with van der Waals surface area (Å²) in [6.07, 6.45) is 0. The summed E-state index contributed by atoms with van der Waals surface area (Å²) in [5, 5.41) is 0. The lowest BCUT2D eigenvalue weighted by Gasteiger charge is -2.48. The third kappa shape index (κ3) is 7.47. The quantitative estimate of drug-likeness (QED) is 0.259. The number of esters is 1. The summed E-state index contributed by atoms with van der Waals surface area (Å²) in [6, 6.07) is 0. The standard InChI is InChI=1S/C16H36O4Si3/c1-13(2)14(3)15(17)18-16(21(4,5)6,19-22(7,8)9)20-23(10,11)12/h13H,3H2,1-2,4-12H3. The van der Waals surface area contributed by atoms with Crippen LogP contribution in [-0.2, 0) is 18.4 Å². The predicted octanol–water partition coefficient (Wildman–Crippen LogP) is 4.98. The van der Waals surface area contributed by atoms with Crippen molar-refractivity contribution in [2.45, 2.75) is 78.4 Å². The van der Waals surface area contributed by atoms with Gasteiger partial charge in [-0.1, -0.05) is 40.1 Å². The van der Waals surface area contributed by atoms with Crippen LogP contribution >= 0.6 is 0 Å². The number of hydrogen-bond donors (Lipinski definition) is 0. The largest absolute Gasteiger partial charge is 0.411 e. The highest BCUT2D eigenvalue weighted by Gasteiger charge is 2.54. The monoisotopic (exact) mass is 376 g/mol. The van der Waals surface area contributed by atoms with E-state index in [1.54, 1.807) is 0 Å². The van der Waals surface area contributed by atoms with Gasteiger partial charge in [0.1, 0.15) is 0 Å². The van der Waals surface area contributed by atoms with Crippen LogP contribution < -0.4 is 0 Å². The molecule has 0 aromatic heterocycles. The Hall–Kier alpha value is -0.219. The molecule has 0 bridgehead atoms. The molecule has 0 aliphatic heterocycles. The second kappa shape index (κ2) is 7.35. The fourth-order valence-electron chi connectivity index (χ4n) is 1.75. The molecule has 0 atom stereocenters. The molecular formula is C16H36O4Si3. The molecule has 0 fully saturated rings. The van der Waals surface area contributed by atoms with Crippen LogP contribution in [0, 0.1) is 5.92 Å². The molecule has 4 nitrogen and oxygen atoms in total. The second-order valence-electron chi connectivity index (χ2n) is 9.30. The first-order chi connectivity index (χ1) is 9.90. The van der Waals surface area contributed by atoms with E-state index in [-0.39, 0.29) is 5.92 Å². The van der Waals surface area contributed by atoms with Crippen molar-refractivity contribution in [1.29, 1.82) is 0 Å². The lowest BCUT2D eigenvalue weighted by atomic mass is 10.1. The molecule has 0 N–H and O–H groups in total. The van der Waals surface area contributed by atoms with Crippen LogP contribution in [-0.4, -0.2) is 36.3 Å². The van der Waals surface area contributed by atoms with Crippen molar-refractivity contribution in [1.82, 2.24) is 0 Å². The van der Waals surface area contributed by atoms with Crippen molar-refractivity contribution >= 4 is 30.7 Å². The van der Waals surface area contributed by atoms with Crippen LogP contribution in [0.25, 0.3) is 0 Å². The van der Waals surface area contributed by atoms with E-state index in [0.29, 0.717) is 5.57 Å². The van der Waals surface area contributed by atoms with Crippen LogP contribution in [0.1, 0.15) is 13.8 Å². The Kier molecular flexibility index (Phi) is 7.28.